The van der Waals surface area contributed by atoms with E-state index in [0.717, 1.165) is 26.0 Å². The molecule has 1 aliphatic heterocycles. The van der Waals surface area contributed by atoms with Crippen LogP contribution in [0.5, 0.6) is 0 Å². The van der Waals surface area contributed by atoms with Crippen molar-refractivity contribution in [2.45, 2.75) is 45.4 Å². The van der Waals surface area contributed by atoms with E-state index < -0.39 is 0 Å². The third-order valence-electron chi connectivity index (χ3n) is 3.59. The van der Waals surface area contributed by atoms with Gasteiger partial charge in [0.15, 0.2) is 0 Å². The van der Waals surface area contributed by atoms with Crippen LogP contribution in [0, 0.1) is 5.92 Å². The zero-order valence-corrected chi connectivity index (χ0v) is 11.0. The lowest BCUT2D eigenvalue weighted by Crippen LogP contribution is -2.34. The SMILES string of the molecule is CCCn1nccc1C(NC)C1OCCC1C. The standard InChI is InChI=1S/C13H23N3O/c1-4-8-16-11(5-7-15-16)12(14-3)13-10(2)6-9-17-13/h5,7,10,12-14H,4,6,8-9H2,1-3H3. The van der Waals surface area contributed by atoms with Crippen LogP contribution in [-0.2, 0) is 11.3 Å². The van der Waals surface area contributed by atoms with Crippen molar-refractivity contribution in [3.63, 3.8) is 0 Å². The fourth-order valence-electron chi connectivity index (χ4n) is 2.63. The van der Waals surface area contributed by atoms with E-state index in [1.54, 1.807) is 0 Å². The van der Waals surface area contributed by atoms with Crippen molar-refractivity contribution in [1.29, 1.82) is 0 Å². The molecule has 1 saturated heterocycles. The molecule has 2 rings (SSSR count). The fraction of sp³-hybridized carbons (Fsp3) is 0.769. The maximum Gasteiger partial charge on any atom is 0.0811 e. The first-order valence-corrected chi connectivity index (χ1v) is 6.58. The van der Waals surface area contributed by atoms with Gasteiger partial charge in [0.2, 0.25) is 0 Å². The summed E-state index contributed by atoms with van der Waals surface area (Å²) in [6, 6.07) is 2.35. The van der Waals surface area contributed by atoms with E-state index in [0.29, 0.717) is 5.92 Å². The highest BCUT2D eigenvalue weighted by atomic mass is 16.5. The molecule has 1 aliphatic rings. The highest BCUT2D eigenvalue weighted by molar-refractivity contribution is 5.10. The zero-order valence-electron chi connectivity index (χ0n) is 11.0. The lowest BCUT2D eigenvalue weighted by atomic mass is 9.95. The van der Waals surface area contributed by atoms with Crippen molar-refractivity contribution in [2.24, 2.45) is 5.92 Å². The lowest BCUT2D eigenvalue weighted by Gasteiger charge is -2.26. The minimum atomic E-state index is 0.251. The van der Waals surface area contributed by atoms with Crippen molar-refractivity contribution in [3.05, 3.63) is 18.0 Å². The van der Waals surface area contributed by atoms with E-state index in [2.05, 4.69) is 35.0 Å². The summed E-state index contributed by atoms with van der Waals surface area (Å²) >= 11 is 0. The van der Waals surface area contributed by atoms with Crippen LogP contribution >= 0.6 is 0 Å². The Morgan fingerprint density at radius 2 is 2.47 bits per heavy atom. The van der Waals surface area contributed by atoms with Gasteiger partial charge in [-0.15, -0.1) is 0 Å². The fourth-order valence-corrected chi connectivity index (χ4v) is 2.63. The molecule has 4 heteroatoms. The molecule has 2 heterocycles. The molecular weight excluding hydrogens is 214 g/mol. The number of ether oxygens (including phenoxy) is 1. The van der Waals surface area contributed by atoms with Crippen LogP contribution in [0.15, 0.2) is 12.3 Å². The number of aryl methyl sites for hydroxylation is 1. The molecule has 1 aromatic rings. The summed E-state index contributed by atoms with van der Waals surface area (Å²) in [7, 11) is 2.00. The molecule has 0 aliphatic carbocycles. The number of rotatable bonds is 5. The topological polar surface area (TPSA) is 39.1 Å². The summed E-state index contributed by atoms with van der Waals surface area (Å²) in [5.41, 5.74) is 1.24. The smallest absolute Gasteiger partial charge is 0.0811 e. The molecule has 4 nitrogen and oxygen atoms in total. The van der Waals surface area contributed by atoms with E-state index in [1.807, 2.05) is 13.2 Å². The van der Waals surface area contributed by atoms with Gasteiger partial charge >= 0.3 is 0 Å². The van der Waals surface area contributed by atoms with Crippen LogP contribution in [0.2, 0.25) is 0 Å². The van der Waals surface area contributed by atoms with Crippen molar-refractivity contribution in [3.8, 4) is 0 Å². The molecule has 3 unspecified atom stereocenters. The Balaban J connectivity index is 2.19. The number of likely N-dealkylation sites (N-methyl/N-ethyl adjacent to an activating group) is 1. The van der Waals surface area contributed by atoms with E-state index in [1.165, 1.54) is 5.69 Å². The highest BCUT2D eigenvalue weighted by Crippen LogP contribution is 2.30. The summed E-state index contributed by atoms with van der Waals surface area (Å²) in [5.74, 6) is 0.609. The second-order valence-electron chi connectivity index (χ2n) is 4.85. The predicted molar refractivity (Wildman–Crippen MR) is 67.8 cm³/mol. The van der Waals surface area contributed by atoms with Crippen molar-refractivity contribution in [1.82, 2.24) is 15.1 Å². The van der Waals surface area contributed by atoms with E-state index >= 15 is 0 Å². The Kier molecular flexibility index (Phi) is 4.18. The summed E-state index contributed by atoms with van der Waals surface area (Å²) < 4.78 is 7.96. The quantitative estimate of drug-likeness (QED) is 0.851. The van der Waals surface area contributed by atoms with Crippen molar-refractivity contribution in [2.75, 3.05) is 13.7 Å². The first kappa shape index (κ1) is 12.6. The van der Waals surface area contributed by atoms with Crippen LogP contribution in [0.4, 0.5) is 0 Å². The summed E-state index contributed by atoms with van der Waals surface area (Å²) in [6.45, 7) is 6.30. The monoisotopic (exact) mass is 237 g/mol. The molecule has 96 valence electrons. The number of aromatic nitrogens is 2. The molecule has 1 aromatic heterocycles. The molecule has 0 aromatic carbocycles. The predicted octanol–water partition coefficient (Wildman–Crippen LogP) is 1.98. The molecular formula is C13H23N3O. The van der Waals surface area contributed by atoms with Gasteiger partial charge in [-0.25, -0.2) is 0 Å². The van der Waals surface area contributed by atoms with Gasteiger partial charge < -0.3 is 10.1 Å². The second kappa shape index (κ2) is 5.65. The van der Waals surface area contributed by atoms with Gasteiger partial charge in [-0.3, -0.25) is 4.68 Å². The minimum Gasteiger partial charge on any atom is -0.376 e. The third-order valence-corrected chi connectivity index (χ3v) is 3.59. The highest BCUT2D eigenvalue weighted by Gasteiger charge is 2.33. The number of hydrogen-bond acceptors (Lipinski definition) is 3. The Labute approximate surface area is 103 Å². The summed E-state index contributed by atoms with van der Waals surface area (Å²) in [6.07, 6.45) is 4.42. The molecule has 0 radical (unpaired) electrons. The molecule has 0 amide bonds. The van der Waals surface area contributed by atoms with Gasteiger partial charge in [0.05, 0.1) is 17.8 Å². The minimum absolute atomic E-state index is 0.251. The van der Waals surface area contributed by atoms with Crippen molar-refractivity contribution < 1.29 is 4.74 Å². The molecule has 0 spiro atoms. The Hall–Kier alpha value is -0.870. The molecule has 1 N–H and O–H groups in total. The first-order chi connectivity index (χ1) is 8.27. The van der Waals surface area contributed by atoms with Crippen LogP contribution < -0.4 is 5.32 Å². The number of nitrogens with zero attached hydrogens (tertiary/aromatic N) is 2. The summed E-state index contributed by atoms with van der Waals surface area (Å²) in [4.78, 5) is 0. The van der Waals surface area contributed by atoms with E-state index in [-0.39, 0.29) is 12.1 Å². The summed E-state index contributed by atoms with van der Waals surface area (Å²) in [5, 5.41) is 7.78. The Bertz CT molecular complexity index is 350. The first-order valence-electron chi connectivity index (χ1n) is 6.58. The molecule has 0 bridgehead atoms. The molecule has 3 atom stereocenters. The maximum absolute atomic E-state index is 5.87. The van der Waals surface area contributed by atoms with Gasteiger partial charge in [0.25, 0.3) is 0 Å². The van der Waals surface area contributed by atoms with Gasteiger partial charge in [0.1, 0.15) is 0 Å². The van der Waals surface area contributed by atoms with Crippen LogP contribution in [0.25, 0.3) is 0 Å². The third kappa shape index (κ3) is 2.53. The molecule has 1 fully saturated rings. The van der Waals surface area contributed by atoms with Gasteiger partial charge in [-0.05, 0) is 31.9 Å². The normalized spacial score (nSPS) is 26.3. The molecule has 0 saturated carbocycles. The lowest BCUT2D eigenvalue weighted by molar-refractivity contribution is 0.0603. The van der Waals surface area contributed by atoms with Gasteiger partial charge in [0, 0.05) is 19.3 Å². The van der Waals surface area contributed by atoms with Gasteiger partial charge in [-0.2, -0.15) is 5.10 Å². The van der Waals surface area contributed by atoms with Crippen LogP contribution in [0.3, 0.4) is 0 Å². The van der Waals surface area contributed by atoms with E-state index in [9.17, 15) is 0 Å². The van der Waals surface area contributed by atoms with Crippen LogP contribution in [-0.4, -0.2) is 29.5 Å². The maximum atomic E-state index is 5.87. The van der Waals surface area contributed by atoms with Gasteiger partial charge in [-0.1, -0.05) is 13.8 Å². The zero-order chi connectivity index (χ0) is 12.3. The number of nitrogens with one attached hydrogen (secondary N) is 1. The van der Waals surface area contributed by atoms with Crippen molar-refractivity contribution >= 4 is 0 Å². The average molecular weight is 237 g/mol. The largest absolute Gasteiger partial charge is 0.376 e. The average Bonchev–Trinajstić information content (AvgIpc) is 2.92. The second-order valence-corrected chi connectivity index (χ2v) is 4.85. The Morgan fingerprint density at radius 3 is 3.06 bits per heavy atom. The van der Waals surface area contributed by atoms with E-state index in [4.69, 9.17) is 4.74 Å². The number of hydrogen-bond donors (Lipinski definition) is 1. The molecule has 17 heavy (non-hydrogen) atoms. The van der Waals surface area contributed by atoms with Crippen LogP contribution in [0.1, 0.15) is 38.4 Å². The Morgan fingerprint density at radius 1 is 1.65 bits per heavy atom.